The Morgan fingerprint density at radius 2 is 1.21 bits per heavy atom. The van der Waals surface area contributed by atoms with Gasteiger partial charge in [-0.1, -0.05) is 62.3 Å². The minimum Gasteiger partial charge on any atom is -0.414 e. The number of nitrogens with one attached hydrogen (secondary N) is 1. The third kappa shape index (κ3) is 8.04. The van der Waals surface area contributed by atoms with Crippen LogP contribution in [-0.2, 0) is 23.6 Å². The van der Waals surface area contributed by atoms with Gasteiger partial charge in [-0.15, -0.1) is 0 Å². The van der Waals surface area contributed by atoms with E-state index in [0.29, 0.717) is 0 Å². The third-order valence-corrected chi connectivity index (χ3v) is 23.5. The predicted molar refractivity (Wildman–Crippen MR) is 178 cm³/mol. The van der Waals surface area contributed by atoms with Crippen molar-refractivity contribution in [3.05, 3.63) is 32.6 Å². The fraction of sp³-hybridized carbons (Fsp3) is 0.867. The van der Waals surface area contributed by atoms with Crippen molar-refractivity contribution in [3.8, 4) is 0 Å². The Hall–Kier alpha value is -0.869. The predicted octanol–water partition coefficient (Wildman–Crippen LogP) is 6.46. The van der Waals surface area contributed by atoms with E-state index in [9.17, 15) is 14.7 Å². The average molecular weight is 645 g/mol. The fourth-order valence-electron chi connectivity index (χ4n) is 4.09. The van der Waals surface area contributed by atoms with Gasteiger partial charge in [0.25, 0.3) is 5.56 Å². The first-order valence-electron chi connectivity index (χ1n) is 15.2. The molecule has 1 aromatic rings. The van der Waals surface area contributed by atoms with Gasteiger partial charge in [-0.3, -0.25) is 14.3 Å². The van der Waals surface area contributed by atoms with Crippen LogP contribution in [0, 0.1) is 0 Å². The first-order valence-corrected chi connectivity index (χ1v) is 23.9. The molecule has 1 saturated heterocycles. The highest BCUT2D eigenvalue weighted by Crippen LogP contribution is 2.46. The minimum absolute atomic E-state index is 0.0121. The molecule has 2 N–H and O–H groups in total. The molecule has 1 aromatic heterocycles. The summed E-state index contributed by atoms with van der Waals surface area (Å²) in [5.74, 6) is 0. The lowest BCUT2D eigenvalue weighted by atomic mass is 10.0. The molecule has 42 heavy (non-hydrogen) atoms. The van der Waals surface area contributed by atoms with Crippen LogP contribution in [0.25, 0.3) is 0 Å². The van der Waals surface area contributed by atoms with Crippen molar-refractivity contribution in [2.45, 2.75) is 161 Å². The molecule has 0 aromatic carbocycles. The maximum absolute atomic E-state index is 13.5. The summed E-state index contributed by atoms with van der Waals surface area (Å²) in [5, 5.41) is 10.9. The molecule has 0 aliphatic carbocycles. The van der Waals surface area contributed by atoms with Crippen LogP contribution in [-0.4, -0.2) is 64.5 Å². The van der Waals surface area contributed by atoms with E-state index in [1.54, 1.807) is 13.8 Å². The Balaban J connectivity index is 2.84. The number of ether oxygens (including phenoxy) is 1. The van der Waals surface area contributed by atoms with Gasteiger partial charge in [-0.05, 0) is 68.2 Å². The SMILES string of the molecule is CC(C)(O)c1cc(=O)[nH]c(=O)n1[C@@H]1O[C@H](CO[Si](C)(C)C(C)(C)C)[C@@H](O[Si](C)(C)C(C)(C)C)[C@H]1O[Si](C)(C)C(C)(C)C. The zero-order valence-corrected chi connectivity index (χ0v) is 32.4. The molecule has 12 heteroatoms. The van der Waals surface area contributed by atoms with E-state index in [-0.39, 0.29) is 27.4 Å². The summed E-state index contributed by atoms with van der Waals surface area (Å²) < 4.78 is 29.1. The Bertz CT molecular complexity index is 1210. The molecule has 0 spiro atoms. The fourth-order valence-corrected chi connectivity index (χ4v) is 7.71. The second-order valence-corrected chi connectivity index (χ2v) is 31.4. The van der Waals surface area contributed by atoms with Crippen LogP contribution in [0.1, 0.15) is 88.1 Å². The highest BCUT2D eigenvalue weighted by Gasteiger charge is 2.55. The number of hydrogen-bond donors (Lipinski definition) is 2. The topological polar surface area (TPSA) is 112 Å². The molecular formula is C30H60N2O7Si3. The summed E-state index contributed by atoms with van der Waals surface area (Å²) in [6.07, 6.45) is -2.71. The average Bonchev–Trinajstić information content (AvgIpc) is 3.04. The van der Waals surface area contributed by atoms with Gasteiger partial charge in [0.15, 0.2) is 31.2 Å². The molecule has 2 rings (SSSR count). The molecule has 0 saturated carbocycles. The molecule has 0 radical (unpaired) electrons. The zero-order chi connectivity index (χ0) is 33.1. The number of aromatic amines is 1. The normalized spacial score (nSPS) is 23.5. The standard InChI is InChI=1S/C30H60N2O7Si3/c1-27(2,3)40(12,13)36-19-20-23(38-41(14,15)28(4,5)6)24(39-42(16,17)29(7,8)9)25(37-20)32-21(30(10,11)35)18-22(33)31-26(32)34/h18,20,23-25,35H,19H2,1-17H3,(H,31,33,34)/t20-,23-,24-,25-/m1/s1. The van der Waals surface area contributed by atoms with E-state index in [2.05, 4.69) is 107 Å². The summed E-state index contributed by atoms with van der Waals surface area (Å²) in [7, 11) is -6.99. The largest absolute Gasteiger partial charge is 0.414 e. The lowest BCUT2D eigenvalue weighted by Gasteiger charge is -2.44. The van der Waals surface area contributed by atoms with E-state index in [0.717, 1.165) is 0 Å². The maximum atomic E-state index is 13.5. The highest BCUT2D eigenvalue weighted by molar-refractivity contribution is 6.75. The zero-order valence-electron chi connectivity index (χ0n) is 29.4. The van der Waals surface area contributed by atoms with Gasteiger partial charge in [0.05, 0.1) is 17.9 Å². The number of rotatable bonds is 9. The van der Waals surface area contributed by atoms with E-state index in [1.807, 2.05) is 0 Å². The Kier molecular flexibility index (Phi) is 10.5. The van der Waals surface area contributed by atoms with Crippen LogP contribution in [0.2, 0.25) is 54.4 Å². The van der Waals surface area contributed by atoms with Crippen molar-refractivity contribution in [2.75, 3.05) is 6.61 Å². The lowest BCUT2D eigenvalue weighted by Crippen LogP contribution is -2.55. The van der Waals surface area contributed by atoms with Crippen molar-refractivity contribution in [1.29, 1.82) is 0 Å². The van der Waals surface area contributed by atoms with E-state index < -0.39 is 66.3 Å². The molecular weight excluding hydrogens is 585 g/mol. The van der Waals surface area contributed by atoms with Crippen molar-refractivity contribution in [3.63, 3.8) is 0 Å². The van der Waals surface area contributed by atoms with Crippen LogP contribution in [0.3, 0.4) is 0 Å². The number of hydrogen-bond acceptors (Lipinski definition) is 7. The van der Waals surface area contributed by atoms with Gasteiger partial charge < -0.3 is 23.1 Å². The van der Waals surface area contributed by atoms with Crippen LogP contribution in [0.4, 0.5) is 0 Å². The van der Waals surface area contributed by atoms with Crippen LogP contribution < -0.4 is 11.2 Å². The second kappa shape index (κ2) is 11.8. The summed E-state index contributed by atoms with van der Waals surface area (Å²) in [6, 6.07) is 1.26. The molecule has 0 amide bonds. The Morgan fingerprint density at radius 3 is 1.62 bits per heavy atom. The van der Waals surface area contributed by atoms with Gasteiger partial charge in [0.2, 0.25) is 0 Å². The summed E-state index contributed by atoms with van der Waals surface area (Å²) in [6.45, 7) is 36.2. The molecule has 4 atom stereocenters. The van der Waals surface area contributed by atoms with Crippen LogP contribution in [0.5, 0.6) is 0 Å². The Labute approximate surface area is 257 Å². The number of aromatic nitrogens is 2. The third-order valence-electron chi connectivity index (χ3n) is 10.0. The van der Waals surface area contributed by atoms with Gasteiger partial charge in [0, 0.05) is 6.07 Å². The monoisotopic (exact) mass is 644 g/mol. The highest BCUT2D eigenvalue weighted by atomic mass is 28.4. The molecule has 1 aliphatic rings. The van der Waals surface area contributed by atoms with Crippen molar-refractivity contribution in [1.82, 2.24) is 9.55 Å². The minimum atomic E-state index is -2.44. The maximum Gasteiger partial charge on any atom is 0.330 e. The Morgan fingerprint density at radius 1 is 0.786 bits per heavy atom. The van der Waals surface area contributed by atoms with Crippen molar-refractivity contribution < 1.29 is 23.1 Å². The van der Waals surface area contributed by atoms with E-state index in [4.69, 9.17) is 18.0 Å². The molecule has 1 aliphatic heterocycles. The molecule has 0 unspecified atom stereocenters. The summed E-state index contributed by atoms with van der Waals surface area (Å²) in [4.78, 5) is 28.3. The molecule has 1 fully saturated rings. The quantitative estimate of drug-likeness (QED) is 0.297. The van der Waals surface area contributed by atoms with Gasteiger partial charge in [-0.25, -0.2) is 4.79 Å². The van der Waals surface area contributed by atoms with Crippen LogP contribution in [0.15, 0.2) is 15.7 Å². The first-order chi connectivity index (χ1) is 18.4. The van der Waals surface area contributed by atoms with E-state index >= 15 is 0 Å². The second-order valence-electron chi connectivity index (χ2n) is 17.1. The number of nitrogens with zero attached hydrogens (tertiary/aromatic N) is 1. The van der Waals surface area contributed by atoms with Gasteiger partial charge in [-0.2, -0.15) is 0 Å². The van der Waals surface area contributed by atoms with Gasteiger partial charge >= 0.3 is 5.69 Å². The van der Waals surface area contributed by atoms with Crippen LogP contribution >= 0.6 is 0 Å². The molecule has 9 nitrogen and oxygen atoms in total. The van der Waals surface area contributed by atoms with Crippen molar-refractivity contribution in [2.24, 2.45) is 0 Å². The summed E-state index contributed by atoms with van der Waals surface area (Å²) in [5.41, 5.74) is -2.59. The number of aliphatic hydroxyl groups is 1. The lowest BCUT2D eigenvalue weighted by molar-refractivity contribution is -0.0586. The smallest absolute Gasteiger partial charge is 0.330 e. The summed E-state index contributed by atoms with van der Waals surface area (Å²) >= 11 is 0. The molecule has 244 valence electrons. The van der Waals surface area contributed by atoms with Gasteiger partial charge in [0.1, 0.15) is 18.3 Å². The molecule has 2 heterocycles. The van der Waals surface area contributed by atoms with E-state index in [1.165, 1.54) is 10.6 Å². The number of H-pyrrole nitrogens is 1. The molecule has 0 bridgehead atoms. The van der Waals surface area contributed by atoms with Crippen molar-refractivity contribution >= 4 is 25.0 Å². The first kappa shape index (κ1) is 37.3.